The van der Waals surface area contributed by atoms with Gasteiger partial charge in [0.15, 0.2) is 5.65 Å². The van der Waals surface area contributed by atoms with Gasteiger partial charge >= 0.3 is 0 Å². The molecule has 0 saturated heterocycles. The molecule has 0 aromatic carbocycles. The Morgan fingerprint density at radius 1 is 1.53 bits per heavy atom. The van der Waals surface area contributed by atoms with Crippen LogP contribution in [0.2, 0.25) is 0 Å². The van der Waals surface area contributed by atoms with Crippen molar-refractivity contribution in [3.05, 3.63) is 29.2 Å². The van der Waals surface area contributed by atoms with E-state index in [0.717, 1.165) is 17.1 Å². The Bertz CT molecular complexity index is 618. The van der Waals surface area contributed by atoms with Crippen LogP contribution in [0.3, 0.4) is 0 Å². The van der Waals surface area contributed by atoms with E-state index in [0.29, 0.717) is 21.8 Å². The van der Waals surface area contributed by atoms with Crippen LogP contribution in [-0.4, -0.2) is 25.7 Å². The molecule has 0 N–H and O–H groups in total. The van der Waals surface area contributed by atoms with Crippen molar-refractivity contribution in [1.29, 1.82) is 0 Å². The fraction of sp³-hybridized carbons (Fsp3) is 0.364. The number of aryl methyl sites for hydroxylation is 1. The maximum Gasteiger partial charge on any atom is 0.280 e. The zero-order valence-corrected chi connectivity index (χ0v) is 10.0. The van der Waals surface area contributed by atoms with E-state index >= 15 is 0 Å². The third kappa shape index (κ3) is 1.97. The average Bonchev–Trinajstić information content (AvgIpc) is 3.00. The van der Waals surface area contributed by atoms with E-state index in [9.17, 15) is 8.78 Å². The van der Waals surface area contributed by atoms with Crippen LogP contribution in [0, 0.1) is 6.92 Å². The Morgan fingerprint density at radius 2 is 2.29 bits per heavy atom. The van der Waals surface area contributed by atoms with E-state index in [-0.39, 0.29) is 5.69 Å². The van der Waals surface area contributed by atoms with Crippen molar-refractivity contribution in [1.82, 2.24) is 14.6 Å². The Kier molecular flexibility index (Phi) is 2.47. The lowest BCUT2D eigenvalue weighted by Crippen LogP contribution is -2.02. The summed E-state index contributed by atoms with van der Waals surface area (Å²) in [6.07, 6.45) is -0.866. The first-order valence-corrected chi connectivity index (χ1v) is 6.89. The summed E-state index contributed by atoms with van der Waals surface area (Å²) in [7, 11) is 0.319. The summed E-state index contributed by atoms with van der Waals surface area (Å²) in [6, 6.07) is 1.39. The molecule has 6 heteroatoms. The lowest BCUT2D eigenvalue weighted by Gasteiger charge is -2.05. The van der Waals surface area contributed by atoms with Gasteiger partial charge in [-0.2, -0.15) is 15.6 Å². The highest BCUT2D eigenvalue weighted by atomic mass is 32.2. The molecule has 0 saturated carbocycles. The second-order valence-corrected chi connectivity index (χ2v) is 6.07. The first-order chi connectivity index (χ1) is 8.15. The first-order valence-electron chi connectivity index (χ1n) is 5.27. The average molecular weight is 255 g/mol. The van der Waals surface area contributed by atoms with Gasteiger partial charge in [-0.1, -0.05) is 5.37 Å². The smallest absolute Gasteiger partial charge is 0.234 e. The number of hydrogen-bond donors (Lipinski definition) is 0. The van der Waals surface area contributed by atoms with Gasteiger partial charge in [-0.15, -0.1) is 0 Å². The number of hydrogen-bond acceptors (Lipinski definition) is 2. The Labute approximate surface area is 99.4 Å². The molecule has 1 aliphatic rings. The second kappa shape index (κ2) is 3.87. The Balaban J connectivity index is 2.17. The standard InChI is InChI=1S/C11H11F2N3S/c1-7-4-9(10(12)13)16-11(15-7)8(5-14-16)6-17-2-3-17/h2,4-5,10H,3,6H2,1H3. The number of nitrogens with zero attached hydrogens (tertiary/aromatic N) is 3. The molecule has 2 aromatic rings. The van der Waals surface area contributed by atoms with Crippen LogP contribution in [0.5, 0.6) is 0 Å². The first kappa shape index (κ1) is 10.8. The van der Waals surface area contributed by atoms with E-state index in [2.05, 4.69) is 15.5 Å². The second-order valence-electron chi connectivity index (χ2n) is 4.04. The van der Waals surface area contributed by atoms with Gasteiger partial charge in [0.2, 0.25) is 0 Å². The van der Waals surface area contributed by atoms with Crippen molar-refractivity contribution in [3.8, 4) is 0 Å². The summed E-state index contributed by atoms with van der Waals surface area (Å²) in [5.74, 6) is 2.01. The summed E-state index contributed by atoms with van der Waals surface area (Å²) in [5.41, 5.74) is 2.07. The van der Waals surface area contributed by atoms with Crippen LogP contribution >= 0.6 is 10.5 Å². The molecule has 2 aromatic heterocycles. The van der Waals surface area contributed by atoms with Crippen LogP contribution in [0.1, 0.15) is 23.4 Å². The molecule has 1 aliphatic heterocycles. The SMILES string of the molecule is Cc1cc(C(F)F)n2ncc(CS3=CC3)c2n1. The third-order valence-electron chi connectivity index (χ3n) is 2.67. The molecule has 0 bridgehead atoms. The molecule has 0 radical (unpaired) electrons. The fourth-order valence-electron chi connectivity index (χ4n) is 1.78. The van der Waals surface area contributed by atoms with Crippen molar-refractivity contribution in [3.63, 3.8) is 0 Å². The predicted octanol–water partition coefficient (Wildman–Crippen LogP) is 2.56. The summed E-state index contributed by atoms with van der Waals surface area (Å²) < 4.78 is 27.0. The van der Waals surface area contributed by atoms with Crippen molar-refractivity contribution in [2.75, 3.05) is 5.75 Å². The quantitative estimate of drug-likeness (QED) is 0.789. The Hall–Kier alpha value is -1.30. The van der Waals surface area contributed by atoms with Gasteiger partial charge < -0.3 is 0 Å². The minimum atomic E-state index is -2.53. The highest BCUT2D eigenvalue weighted by Crippen LogP contribution is 2.30. The van der Waals surface area contributed by atoms with E-state index in [1.54, 1.807) is 13.1 Å². The molecular formula is C11H11F2N3S. The molecule has 1 atom stereocenters. The molecule has 0 amide bonds. The third-order valence-corrected chi connectivity index (χ3v) is 4.15. The summed E-state index contributed by atoms with van der Waals surface area (Å²) in [5, 5.41) is 6.26. The number of halogens is 2. The van der Waals surface area contributed by atoms with Crippen molar-refractivity contribution < 1.29 is 8.78 Å². The van der Waals surface area contributed by atoms with Crippen LogP contribution in [0.15, 0.2) is 12.3 Å². The predicted molar refractivity (Wildman–Crippen MR) is 64.9 cm³/mol. The molecule has 3 rings (SSSR count). The van der Waals surface area contributed by atoms with Crippen molar-refractivity contribution in [2.45, 2.75) is 19.1 Å². The zero-order valence-electron chi connectivity index (χ0n) is 9.23. The van der Waals surface area contributed by atoms with Gasteiger partial charge in [-0.25, -0.2) is 18.3 Å². The monoisotopic (exact) mass is 255 g/mol. The molecule has 3 heterocycles. The lowest BCUT2D eigenvalue weighted by atomic mass is 10.3. The highest BCUT2D eigenvalue weighted by molar-refractivity contribution is 8.22. The maximum atomic E-state index is 12.9. The highest BCUT2D eigenvalue weighted by Gasteiger charge is 2.18. The van der Waals surface area contributed by atoms with Gasteiger partial charge in [0.05, 0.1) is 6.20 Å². The molecule has 0 spiro atoms. The molecule has 0 fully saturated rings. The molecule has 17 heavy (non-hydrogen) atoms. The van der Waals surface area contributed by atoms with E-state index < -0.39 is 6.43 Å². The minimum absolute atomic E-state index is 0.0816. The maximum absolute atomic E-state index is 12.9. The topological polar surface area (TPSA) is 30.2 Å². The van der Waals surface area contributed by atoms with E-state index in [4.69, 9.17) is 0 Å². The number of fused-ring (bicyclic) bond motifs is 1. The van der Waals surface area contributed by atoms with Crippen LogP contribution in [0.25, 0.3) is 5.65 Å². The van der Waals surface area contributed by atoms with Gasteiger partial charge in [0.25, 0.3) is 6.43 Å². The zero-order chi connectivity index (χ0) is 12.0. The molecule has 90 valence electrons. The van der Waals surface area contributed by atoms with E-state index in [1.807, 2.05) is 0 Å². The lowest BCUT2D eigenvalue weighted by molar-refractivity contribution is 0.143. The number of aromatic nitrogens is 3. The number of rotatable bonds is 3. The summed E-state index contributed by atoms with van der Waals surface area (Å²) in [6.45, 7) is 1.73. The molecule has 1 unspecified atom stereocenters. The molecular weight excluding hydrogens is 244 g/mol. The van der Waals surface area contributed by atoms with Gasteiger partial charge in [0.1, 0.15) is 5.69 Å². The van der Waals surface area contributed by atoms with Crippen LogP contribution in [0.4, 0.5) is 8.78 Å². The summed E-state index contributed by atoms with van der Waals surface area (Å²) in [4.78, 5) is 4.32. The van der Waals surface area contributed by atoms with E-state index in [1.165, 1.54) is 10.6 Å². The fourth-order valence-corrected chi connectivity index (χ4v) is 3.01. The Morgan fingerprint density at radius 3 is 2.94 bits per heavy atom. The summed E-state index contributed by atoms with van der Waals surface area (Å²) >= 11 is 0. The van der Waals surface area contributed by atoms with Crippen molar-refractivity contribution >= 4 is 21.5 Å². The minimum Gasteiger partial charge on any atom is -0.234 e. The van der Waals surface area contributed by atoms with Gasteiger partial charge in [-0.05, 0) is 13.0 Å². The van der Waals surface area contributed by atoms with Crippen molar-refractivity contribution in [2.24, 2.45) is 0 Å². The molecule has 3 nitrogen and oxygen atoms in total. The van der Waals surface area contributed by atoms with Crippen LogP contribution < -0.4 is 0 Å². The largest absolute Gasteiger partial charge is 0.280 e. The normalized spacial score (nSPS) is 18.7. The van der Waals surface area contributed by atoms with Gasteiger partial charge in [0, 0.05) is 22.8 Å². The molecule has 0 aliphatic carbocycles. The number of alkyl halides is 2. The van der Waals surface area contributed by atoms with Crippen LogP contribution in [-0.2, 0) is 5.75 Å². The van der Waals surface area contributed by atoms with Gasteiger partial charge in [-0.3, -0.25) is 0 Å².